The molecule has 1 heterocycles. The first-order valence-electron chi connectivity index (χ1n) is 9.56. The van der Waals surface area contributed by atoms with Gasteiger partial charge in [-0.15, -0.1) is 10.2 Å². The second-order valence-corrected chi connectivity index (χ2v) is 12.9. The van der Waals surface area contributed by atoms with Gasteiger partial charge < -0.3 is 14.4 Å². The molecule has 0 saturated carbocycles. The number of nitrogens with one attached hydrogen (secondary N) is 1. The van der Waals surface area contributed by atoms with Crippen LogP contribution in [-0.4, -0.2) is 48.4 Å². The van der Waals surface area contributed by atoms with Gasteiger partial charge in [0.15, 0.2) is 9.84 Å². The number of carbonyl (C=O) groups is 1. The molecule has 0 spiro atoms. The highest BCUT2D eigenvalue weighted by atomic mass is 32.2. The average molecular weight is 512 g/mol. The Kier molecular flexibility index (Phi) is 7.23. The number of nitrogens with zero attached hydrogens (tertiary/aromatic N) is 2. The topological polar surface area (TPSA) is 145 Å². The number of rotatable bonds is 8. The molecule has 3 rings (SSSR count). The third kappa shape index (κ3) is 6.84. The van der Waals surface area contributed by atoms with Crippen LogP contribution in [0.15, 0.2) is 47.4 Å². The molecule has 0 bridgehead atoms. The third-order valence-electron chi connectivity index (χ3n) is 3.99. The predicted molar refractivity (Wildman–Crippen MR) is 125 cm³/mol. The molecular weight excluding hydrogens is 489 g/mol. The second kappa shape index (κ2) is 9.60. The van der Waals surface area contributed by atoms with Crippen molar-refractivity contribution in [2.45, 2.75) is 24.8 Å². The summed E-state index contributed by atoms with van der Waals surface area (Å²) in [5.41, 5.74) is 0.191. The van der Waals surface area contributed by atoms with Crippen LogP contribution in [0.25, 0.3) is 0 Å². The molecule has 1 aromatic heterocycles. The summed E-state index contributed by atoms with van der Waals surface area (Å²) >= 11 is 0.809. The van der Waals surface area contributed by atoms with Gasteiger partial charge in [0.1, 0.15) is 17.2 Å². The maximum Gasteiger partial charge on any atom is 0.257 e. The average Bonchev–Trinajstić information content (AvgIpc) is 3.16. The predicted octanol–water partition coefficient (Wildman–Crippen LogP) is 3.30. The Morgan fingerprint density at radius 3 is 2.27 bits per heavy atom. The molecule has 3 aromatic rings. The molecule has 0 radical (unpaired) electrons. The van der Waals surface area contributed by atoms with Crippen molar-refractivity contribution in [3.05, 3.63) is 48.0 Å². The summed E-state index contributed by atoms with van der Waals surface area (Å²) in [6.07, 6.45) is 0.945. The largest absolute Gasteiger partial charge is 0.491 e. The number of sulfone groups is 1. The summed E-state index contributed by atoms with van der Waals surface area (Å²) in [5, 5.41) is 9.98. The van der Waals surface area contributed by atoms with Crippen molar-refractivity contribution < 1.29 is 32.1 Å². The zero-order valence-electron chi connectivity index (χ0n) is 18.2. The highest BCUT2D eigenvalue weighted by molar-refractivity contribution is 7.90. The van der Waals surface area contributed by atoms with Crippen LogP contribution in [0.4, 0.5) is 5.13 Å². The van der Waals surface area contributed by atoms with E-state index in [0.29, 0.717) is 11.5 Å². The van der Waals surface area contributed by atoms with Gasteiger partial charge in [-0.2, -0.15) is 0 Å². The van der Waals surface area contributed by atoms with E-state index in [2.05, 4.69) is 15.5 Å². The summed E-state index contributed by atoms with van der Waals surface area (Å²) < 4.78 is 46.4. The Bertz CT molecular complexity index is 1320. The van der Waals surface area contributed by atoms with Gasteiger partial charge in [0.05, 0.1) is 11.0 Å². The minimum absolute atomic E-state index is 0.0696. The molecule has 33 heavy (non-hydrogen) atoms. The molecule has 0 fully saturated rings. The Morgan fingerprint density at radius 1 is 1.09 bits per heavy atom. The Hall–Kier alpha value is -2.79. The van der Waals surface area contributed by atoms with E-state index in [1.165, 1.54) is 36.4 Å². The number of aromatic nitrogens is 2. The van der Waals surface area contributed by atoms with Crippen LogP contribution in [-0.2, 0) is 14.4 Å². The monoisotopic (exact) mass is 511 g/mol. The van der Waals surface area contributed by atoms with Crippen molar-refractivity contribution in [2.75, 3.05) is 18.2 Å². The van der Waals surface area contributed by atoms with Gasteiger partial charge in [-0.25, -0.2) is 8.42 Å². The van der Waals surface area contributed by atoms with Crippen molar-refractivity contribution >= 4 is 44.3 Å². The number of hydrogen-bond donors (Lipinski definition) is 2. The lowest BCUT2D eigenvalue weighted by atomic mass is 10.2. The van der Waals surface area contributed by atoms with E-state index in [-0.39, 0.29) is 32.2 Å². The van der Waals surface area contributed by atoms with Gasteiger partial charge in [0.25, 0.3) is 13.3 Å². The number of carbonyl (C=O) groups excluding carboxylic acids is 1. The Balaban J connectivity index is 1.87. The number of ether oxygens (including phenoxy) is 2. The fraction of sp³-hybridized carbons (Fsp3) is 0.250. The van der Waals surface area contributed by atoms with Gasteiger partial charge in [-0.1, -0.05) is 11.3 Å². The minimum Gasteiger partial charge on any atom is -0.491 e. The molecular formula is C20H22N3O7PS2. The van der Waals surface area contributed by atoms with Crippen LogP contribution in [0.3, 0.4) is 0 Å². The number of amides is 1. The maximum absolute atomic E-state index is 12.8. The number of anilines is 1. The molecule has 0 aliphatic carbocycles. The van der Waals surface area contributed by atoms with E-state index >= 15 is 0 Å². The lowest BCUT2D eigenvalue weighted by Crippen LogP contribution is -2.13. The maximum atomic E-state index is 12.8. The SMILES string of the molecule is CC(C)Oc1cc(Oc2ccc(S(C)(=O)=O)cc2)cc(C(=O)Nc2nnc(P(C)(=O)O)s2)c1. The quantitative estimate of drug-likeness (QED) is 0.435. The first-order valence-corrected chi connectivity index (χ1v) is 14.4. The molecule has 2 N–H and O–H groups in total. The standard InChI is InChI=1S/C20H22N3O7PS2/c1-12(2)29-15-9-13(18(24)21-19-22-23-20(32-19)31(3,25)26)10-16(11-15)30-14-5-7-17(8-6-14)33(4,27)28/h5-12H,1-4H3,(H,25,26)(H,21,22,24). The lowest BCUT2D eigenvalue weighted by Gasteiger charge is -2.14. The van der Waals surface area contributed by atoms with Crippen molar-refractivity contribution in [1.82, 2.24) is 10.2 Å². The van der Waals surface area contributed by atoms with Crippen molar-refractivity contribution in [3.8, 4) is 17.2 Å². The van der Waals surface area contributed by atoms with Crippen molar-refractivity contribution in [3.63, 3.8) is 0 Å². The van der Waals surface area contributed by atoms with Crippen LogP contribution in [0.1, 0.15) is 24.2 Å². The summed E-state index contributed by atoms with van der Waals surface area (Å²) in [6.45, 7) is 4.80. The lowest BCUT2D eigenvalue weighted by molar-refractivity contribution is 0.102. The first-order chi connectivity index (χ1) is 15.3. The van der Waals surface area contributed by atoms with Gasteiger partial charge >= 0.3 is 0 Å². The minimum atomic E-state index is -3.58. The molecule has 1 unspecified atom stereocenters. The van der Waals surface area contributed by atoms with Crippen LogP contribution >= 0.6 is 18.7 Å². The van der Waals surface area contributed by atoms with E-state index in [0.717, 1.165) is 24.3 Å². The van der Waals surface area contributed by atoms with Crippen LogP contribution < -0.4 is 19.5 Å². The Labute approximate surface area is 195 Å². The summed E-state index contributed by atoms with van der Waals surface area (Å²) in [4.78, 5) is 22.5. The van der Waals surface area contributed by atoms with Crippen molar-refractivity contribution in [2.24, 2.45) is 0 Å². The van der Waals surface area contributed by atoms with Gasteiger partial charge in [-0.3, -0.25) is 14.7 Å². The van der Waals surface area contributed by atoms with Gasteiger partial charge in [0, 0.05) is 24.6 Å². The zero-order chi connectivity index (χ0) is 24.4. The van der Waals surface area contributed by atoms with E-state index in [9.17, 15) is 22.7 Å². The van der Waals surface area contributed by atoms with E-state index < -0.39 is 23.1 Å². The Morgan fingerprint density at radius 2 is 1.73 bits per heavy atom. The first kappa shape index (κ1) is 24.8. The molecule has 0 aliphatic rings. The normalized spacial score (nSPS) is 13.4. The van der Waals surface area contributed by atoms with Gasteiger partial charge in [0.2, 0.25) is 9.88 Å². The summed E-state index contributed by atoms with van der Waals surface area (Å²) in [6, 6.07) is 10.5. The molecule has 176 valence electrons. The molecule has 2 aromatic carbocycles. The summed E-state index contributed by atoms with van der Waals surface area (Å²) in [5.74, 6) is 0.488. The molecule has 1 amide bonds. The highest BCUT2D eigenvalue weighted by Crippen LogP contribution is 2.36. The fourth-order valence-corrected chi connectivity index (χ4v) is 4.85. The van der Waals surface area contributed by atoms with E-state index in [1.807, 2.05) is 13.8 Å². The number of hydrogen-bond acceptors (Lipinski definition) is 9. The van der Waals surface area contributed by atoms with Gasteiger partial charge in [-0.05, 0) is 50.2 Å². The highest BCUT2D eigenvalue weighted by Gasteiger charge is 2.21. The smallest absolute Gasteiger partial charge is 0.257 e. The fourth-order valence-electron chi connectivity index (χ4n) is 2.60. The molecule has 1 atom stereocenters. The molecule has 13 heteroatoms. The summed E-state index contributed by atoms with van der Waals surface area (Å²) in [7, 11) is -6.92. The van der Waals surface area contributed by atoms with Crippen LogP contribution in [0.5, 0.6) is 17.2 Å². The second-order valence-electron chi connectivity index (χ2n) is 7.43. The molecule has 0 saturated heterocycles. The van der Waals surface area contributed by atoms with Crippen LogP contribution in [0, 0.1) is 0 Å². The van der Waals surface area contributed by atoms with Crippen LogP contribution in [0.2, 0.25) is 0 Å². The van der Waals surface area contributed by atoms with Crippen molar-refractivity contribution in [1.29, 1.82) is 0 Å². The van der Waals surface area contributed by atoms with E-state index in [1.54, 1.807) is 6.07 Å². The third-order valence-corrected chi connectivity index (χ3v) is 7.85. The number of benzene rings is 2. The zero-order valence-corrected chi connectivity index (χ0v) is 20.7. The molecule has 10 nitrogen and oxygen atoms in total. The molecule has 0 aliphatic heterocycles. The van der Waals surface area contributed by atoms with E-state index in [4.69, 9.17) is 9.47 Å².